The molecule has 1 amide bonds. The smallest absolute Gasteiger partial charge is 0.407 e. The number of ether oxygens (including phenoxy) is 3. The van der Waals surface area contributed by atoms with E-state index >= 15 is 0 Å². The van der Waals surface area contributed by atoms with E-state index in [1.54, 1.807) is 26.5 Å². The standard InChI is InChI=1S/C29H39N5O4/c1-16(2)18(4)38-29(35)34-23-10-8-7-9-22(23)33-28-31-15-20-13-19(11-12-21(20)32-28)26-17(3)24(36-5)14-25(37-6)27(26)30/h11-16,18,22-23H,7-10,30H2,1-6H3,(H,34,35)(H,31,32,33)/t18?,22-,23+/m1/s1. The molecule has 3 aromatic rings. The van der Waals surface area contributed by atoms with Crippen molar-refractivity contribution in [2.24, 2.45) is 5.92 Å². The zero-order chi connectivity index (χ0) is 27.4. The Balaban J connectivity index is 1.54. The highest BCUT2D eigenvalue weighted by Crippen LogP contribution is 2.42. The largest absolute Gasteiger partial charge is 0.496 e. The molecule has 1 aliphatic carbocycles. The van der Waals surface area contributed by atoms with Gasteiger partial charge in [-0.25, -0.2) is 14.8 Å². The number of nitrogens with one attached hydrogen (secondary N) is 2. The van der Waals surface area contributed by atoms with Crippen molar-refractivity contribution in [3.8, 4) is 22.6 Å². The maximum absolute atomic E-state index is 12.5. The van der Waals surface area contributed by atoms with Gasteiger partial charge in [-0.1, -0.05) is 32.8 Å². The van der Waals surface area contributed by atoms with E-state index in [-0.39, 0.29) is 30.2 Å². The van der Waals surface area contributed by atoms with Crippen LogP contribution >= 0.6 is 0 Å². The van der Waals surface area contributed by atoms with Crippen LogP contribution in [-0.2, 0) is 4.74 Å². The van der Waals surface area contributed by atoms with Crippen molar-refractivity contribution in [2.75, 3.05) is 25.3 Å². The Morgan fingerprint density at radius 2 is 1.76 bits per heavy atom. The van der Waals surface area contributed by atoms with Gasteiger partial charge in [0.15, 0.2) is 0 Å². The normalized spacial score (nSPS) is 18.2. The van der Waals surface area contributed by atoms with E-state index < -0.39 is 0 Å². The van der Waals surface area contributed by atoms with E-state index in [1.807, 2.05) is 45.9 Å². The van der Waals surface area contributed by atoms with Gasteiger partial charge < -0.3 is 30.6 Å². The highest BCUT2D eigenvalue weighted by atomic mass is 16.6. The number of nitrogen functional groups attached to an aromatic ring is 1. The Bertz CT molecular complexity index is 1270. The first-order chi connectivity index (χ1) is 18.2. The lowest BCUT2D eigenvalue weighted by atomic mass is 9.90. The van der Waals surface area contributed by atoms with Crippen molar-refractivity contribution in [3.63, 3.8) is 0 Å². The molecule has 204 valence electrons. The summed E-state index contributed by atoms with van der Waals surface area (Å²) in [6.07, 6.45) is 5.22. The molecule has 2 aromatic carbocycles. The zero-order valence-electron chi connectivity index (χ0n) is 23.1. The molecule has 38 heavy (non-hydrogen) atoms. The number of hydrogen-bond donors (Lipinski definition) is 3. The van der Waals surface area contributed by atoms with Crippen LogP contribution in [0.3, 0.4) is 0 Å². The molecule has 0 aliphatic heterocycles. The summed E-state index contributed by atoms with van der Waals surface area (Å²) in [5, 5.41) is 7.40. The van der Waals surface area contributed by atoms with Crippen molar-refractivity contribution in [3.05, 3.63) is 36.0 Å². The number of carbonyl (C=O) groups is 1. The lowest BCUT2D eigenvalue weighted by molar-refractivity contribution is 0.0774. The minimum atomic E-state index is -0.374. The Hall–Kier alpha value is -3.75. The molecule has 4 rings (SSSR count). The van der Waals surface area contributed by atoms with Crippen molar-refractivity contribution < 1.29 is 19.0 Å². The Morgan fingerprint density at radius 3 is 2.45 bits per heavy atom. The fraction of sp³-hybridized carbons (Fsp3) is 0.483. The highest BCUT2D eigenvalue weighted by molar-refractivity contribution is 5.91. The van der Waals surface area contributed by atoms with Gasteiger partial charge in [0.1, 0.15) is 17.6 Å². The molecule has 0 spiro atoms. The minimum absolute atomic E-state index is 0.0223. The second kappa shape index (κ2) is 11.8. The second-order valence-electron chi connectivity index (χ2n) is 10.3. The summed E-state index contributed by atoms with van der Waals surface area (Å²) in [7, 11) is 3.22. The number of alkyl carbamates (subject to hydrolysis) is 1. The lowest BCUT2D eigenvalue weighted by Gasteiger charge is -2.33. The van der Waals surface area contributed by atoms with E-state index in [0.29, 0.717) is 23.1 Å². The van der Waals surface area contributed by atoms with Crippen LogP contribution in [0.25, 0.3) is 22.0 Å². The highest BCUT2D eigenvalue weighted by Gasteiger charge is 2.28. The molecule has 1 heterocycles. The minimum Gasteiger partial charge on any atom is -0.496 e. The quantitative estimate of drug-likeness (QED) is 0.323. The fourth-order valence-electron chi connectivity index (χ4n) is 4.90. The second-order valence-corrected chi connectivity index (χ2v) is 10.3. The zero-order valence-corrected chi connectivity index (χ0v) is 23.1. The van der Waals surface area contributed by atoms with Crippen LogP contribution in [0, 0.1) is 12.8 Å². The first-order valence-electron chi connectivity index (χ1n) is 13.2. The molecule has 9 nitrogen and oxygen atoms in total. The van der Waals surface area contributed by atoms with Gasteiger partial charge in [-0.2, -0.15) is 0 Å². The van der Waals surface area contributed by atoms with Crippen LogP contribution in [0.15, 0.2) is 30.5 Å². The molecular weight excluding hydrogens is 482 g/mol. The summed E-state index contributed by atoms with van der Waals surface area (Å²) in [4.78, 5) is 21.8. The summed E-state index contributed by atoms with van der Waals surface area (Å²) in [6, 6.07) is 7.75. The number of nitrogens with two attached hydrogens (primary N) is 1. The van der Waals surface area contributed by atoms with Gasteiger partial charge in [0.05, 0.1) is 31.5 Å². The van der Waals surface area contributed by atoms with Gasteiger partial charge in [-0.05, 0) is 50.3 Å². The van der Waals surface area contributed by atoms with Crippen LogP contribution in [0.2, 0.25) is 0 Å². The number of nitrogens with zero attached hydrogens (tertiary/aromatic N) is 2. The molecule has 4 N–H and O–H groups in total. The van der Waals surface area contributed by atoms with Gasteiger partial charge in [0.25, 0.3) is 0 Å². The SMILES string of the molecule is COc1cc(OC)c(N)c(-c2ccc3nc(N[C@@H]4CCCC[C@@H]4NC(=O)OC(C)C(C)C)ncc3c2)c1C. The number of carbonyl (C=O) groups excluding carboxylic acids is 1. The number of benzene rings is 2. The molecular formula is C29H39N5O4. The number of methoxy groups -OCH3 is 2. The van der Waals surface area contributed by atoms with Crippen molar-refractivity contribution in [2.45, 2.75) is 71.6 Å². The van der Waals surface area contributed by atoms with Crippen LogP contribution in [0.4, 0.5) is 16.4 Å². The number of aromatic nitrogens is 2. The molecule has 1 aromatic heterocycles. The maximum atomic E-state index is 12.5. The predicted octanol–water partition coefficient (Wildman–Crippen LogP) is 5.70. The third-order valence-electron chi connectivity index (χ3n) is 7.47. The topological polar surface area (TPSA) is 121 Å². The van der Waals surface area contributed by atoms with Crippen LogP contribution in [0.5, 0.6) is 11.5 Å². The first kappa shape index (κ1) is 27.3. The Morgan fingerprint density at radius 1 is 1.05 bits per heavy atom. The molecule has 1 fully saturated rings. The van der Waals surface area contributed by atoms with Gasteiger partial charge in [-0.15, -0.1) is 0 Å². The average molecular weight is 522 g/mol. The fourth-order valence-corrected chi connectivity index (χ4v) is 4.90. The molecule has 0 saturated heterocycles. The van der Waals surface area contributed by atoms with Crippen LogP contribution in [-0.4, -0.2) is 48.5 Å². The number of fused-ring (bicyclic) bond motifs is 1. The van der Waals surface area contributed by atoms with Gasteiger partial charge in [-0.3, -0.25) is 0 Å². The first-order valence-corrected chi connectivity index (χ1v) is 13.2. The van der Waals surface area contributed by atoms with Gasteiger partial charge in [0.2, 0.25) is 5.95 Å². The van der Waals surface area contributed by atoms with Gasteiger partial charge in [0, 0.05) is 34.8 Å². The third kappa shape index (κ3) is 5.87. The molecule has 9 heteroatoms. The Kier molecular flexibility index (Phi) is 8.44. The molecule has 3 atom stereocenters. The maximum Gasteiger partial charge on any atom is 0.407 e. The van der Waals surface area contributed by atoms with E-state index in [9.17, 15) is 4.79 Å². The summed E-state index contributed by atoms with van der Waals surface area (Å²) < 4.78 is 16.5. The van der Waals surface area contributed by atoms with Crippen LogP contribution < -0.4 is 25.8 Å². The third-order valence-corrected chi connectivity index (χ3v) is 7.47. The number of rotatable bonds is 8. The van der Waals surface area contributed by atoms with E-state index in [0.717, 1.165) is 53.3 Å². The van der Waals surface area contributed by atoms with Crippen molar-refractivity contribution in [1.29, 1.82) is 0 Å². The lowest BCUT2D eigenvalue weighted by Crippen LogP contribution is -2.49. The summed E-state index contributed by atoms with van der Waals surface area (Å²) in [6.45, 7) is 7.96. The van der Waals surface area contributed by atoms with Crippen LogP contribution in [0.1, 0.15) is 52.0 Å². The van der Waals surface area contributed by atoms with Crippen molar-refractivity contribution >= 4 is 28.6 Å². The number of hydrogen-bond acceptors (Lipinski definition) is 8. The van der Waals surface area contributed by atoms with E-state index in [2.05, 4.69) is 15.6 Å². The number of amides is 1. The molecule has 1 aliphatic rings. The van der Waals surface area contributed by atoms with Crippen molar-refractivity contribution in [1.82, 2.24) is 15.3 Å². The molecule has 1 unspecified atom stereocenters. The molecule has 1 saturated carbocycles. The monoisotopic (exact) mass is 521 g/mol. The summed E-state index contributed by atoms with van der Waals surface area (Å²) in [5.74, 6) is 2.07. The Labute approximate surface area is 224 Å². The molecule has 0 bridgehead atoms. The van der Waals surface area contributed by atoms with E-state index in [1.165, 1.54) is 0 Å². The van der Waals surface area contributed by atoms with E-state index in [4.69, 9.17) is 24.9 Å². The summed E-state index contributed by atoms with van der Waals surface area (Å²) in [5.41, 5.74) is 10.5. The molecule has 0 radical (unpaired) electrons. The predicted molar refractivity (Wildman–Crippen MR) is 151 cm³/mol. The number of anilines is 2. The summed E-state index contributed by atoms with van der Waals surface area (Å²) >= 11 is 0. The van der Waals surface area contributed by atoms with Gasteiger partial charge >= 0.3 is 6.09 Å². The average Bonchev–Trinajstić information content (AvgIpc) is 2.90.